The molecule has 40 heavy (non-hydrogen) atoms. The predicted molar refractivity (Wildman–Crippen MR) is 164 cm³/mol. The third-order valence-electron chi connectivity index (χ3n) is 7.82. The number of halogens is 1. The molecule has 0 aromatic heterocycles. The average molecular weight is 565 g/mol. The van der Waals surface area contributed by atoms with Gasteiger partial charge in [0.15, 0.2) is 6.10 Å². The molecule has 6 nitrogen and oxygen atoms in total. The molecule has 0 spiro atoms. The first kappa shape index (κ1) is 31.0. The summed E-state index contributed by atoms with van der Waals surface area (Å²) in [6, 6.07) is 17.6. The van der Waals surface area contributed by atoms with Gasteiger partial charge in [-0.05, 0) is 59.9 Å². The zero-order valence-corrected chi connectivity index (χ0v) is 25.3. The molecule has 0 radical (unpaired) electrons. The van der Waals surface area contributed by atoms with Gasteiger partial charge in [-0.15, -0.1) is 0 Å². The minimum Gasteiger partial charge on any atom is -0.506 e. The van der Waals surface area contributed by atoms with E-state index in [9.17, 15) is 14.7 Å². The van der Waals surface area contributed by atoms with Crippen LogP contribution in [0.1, 0.15) is 89.2 Å². The second kappa shape index (κ2) is 12.8. The topological polar surface area (TPSA) is 87.7 Å². The lowest BCUT2D eigenvalue weighted by molar-refractivity contribution is -0.122. The van der Waals surface area contributed by atoms with Crippen molar-refractivity contribution in [1.82, 2.24) is 0 Å². The van der Waals surface area contributed by atoms with Crippen molar-refractivity contribution in [2.75, 3.05) is 10.6 Å². The number of ether oxygens (including phenoxy) is 1. The second-order valence-electron chi connectivity index (χ2n) is 11.4. The first-order valence-corrected chi connectivity index (χ1v) is 14.2. The fraction of sp³-hybridized carbons (Fsp3) is 0.394. The van der Waals surface area contributed by atoms with Crippen molar-refractivity contribution in [3.05, 3.63) is 82.4 Å². The van der Waals surface area contributed by atoms with Gasteiger partial charge in [-0.25, -0.2) is 0 Å². The van der Waals surface area contributed by atoms with Gasteiger partial charge < -0.3 is 20.5 Å². The lowest BCUT2D eigenvalue weighted by Gasteiger charge is -2.31. The third kappa shape index (κ3) is 7.16. The van der Waals surface area contributed by atoms with E-state index in [-0.39, 0.29) is 44.8 Å². The summed E-state index contributed by atoms with van der Waals surface area (Å²) in [6.45, 7) is 15.0. The van der Waals surface area contributed by atoms with Crippen LogP contribution in [0.3, 0.4) is 0 Å². The maximum atomic E-state index is 13.3. The summed E-state index contributed by atoms with van der Waals surface area (Å²) >= 11 is 6.44. The molecule has 0 heterocycles. The Morgan fingerprint density at radius 1 is 0.875 bits per heavy atom. The van der Waals surface area contributed by atoms with Crippen molar-refractivity contribution in [3.8, 4) is 11.5 Å². The molecule has 0 aliphatic carbocycles. The van der Waals surface area contributed by atoms with Gasteiger partial charge in [0.1, 0.15) is 11.5 Å². The van der Waals surface area contributed by atoms with Gasteiger partial charge in [0, 0.05) is 17.2 Å². The quantitative estimate of drug-likeness (QED) is 0.204. The van der Waals surface area contributed by atoms with E-state index in [1.165, 1.54) is 17.7 Å². The number of amides is 2. The summed E-state index contributed by atoms with van der Waals surface area (Å²) in [5.74, 6) is -0.318. The average Bonchev–Trinajstić information content (AvgIpc) is 2.94. The fourth-order valence-electron chi connectivity index (χ4n) is 4.21. The molecule has 0 saturated carbocycles. The Morgan fingerprint density at radius 2 is 1.52 bits per heavy atom. The SMILES string of the molecule is CCC(Oc1ccc(C(C)(C)CC)cc1C(C)(C)CC)C(=O)Nc1cc(O)c(NC(=O)c2ccccc2)cc1Cl. The van der Waals surface area contributed by atoms with E-state index in [1.54, 1.807) is 24.3 Å². The van der Waals surface area contributed by atoms with E-state index in [1.807, 2.05) is 19.1 Å². The lowest BCUT2D eigenvalue weighted by atomic mass is 9.76. The fourth-order valence-corrected chi connectivity index (χ4v) is 4.42. The summed E-state index contributed by atoms with van der Waals surface area (Å²) in [6.07, 6.45) is 1.55. The van der Waals surface area contributed by atoms with Crippen LogP contribution in [0.15, 0.2) is 60.7 Å². The van der Waals surface area contributed by atoms with Crippen LogP contribution in [-0.4, -0.2) is 23.0 Å². The highest BCUT2D eigenvalue weighted by atomic mass is 35.5. The van der Waals surface area contributed by atoms with Gasteiger partial charge in [0.05, 0.1) is 16.4 Å². The van der Waals surface area contributed by atoms with Crippen LogP contribution >= 0.6 is 11.6 Å². The van der Waals surface area contributed by atoms with Crippen molar-refractivity contribution in [1.29, 1.82) is 0 Å². The van der Waals surface area contributed by atoms with Crippen molar-refractivity contribution in [2.45, 2.75) is 84.7 Å². The molecule has 3 aromatic carbocycles. The van der Waals surface area contributed by atoms with Crippen LogP contribution in [-0.2, 0) is 15.6 Å². The molecule has 0 fully saturated rings. The zero-order chi connectivity index (χ0) is 29.7. The zero-order valence-electron chi connectivity index (χ0n) is 24.5. The van der Waals surface area contributed by atoms with Gasteiger partial charge in [0.25, 0.3) is 11.8 Å². The maximum absolute atomic E-state index is 13.3. The lowest BCUT2D eigenvalue weighted by Crippen LogP contribution is -2.33. The van der Waals surface area contributed by atoms with Crippen LogP contribution in [0.25, 0.3) is 0 Å². The number of rotatable bonds is 11. The summed E-state index contributed by atoms with van der Waals surface area (Å²) in [5.41, 5.74) is 2.96. The number of anilines is 2. The second-order valence-corrected chi connectivity index (χ2v) is 11.8. The van der Waals surface area contributed by atoms with Gasteiger partial charge in [-0.1, -0.05) is 90.4 Å². The maximum Gasteiger partial charge on any atom is 0.265 e. The minimum atomic E-state index is -0.785. The molecule has 1 atom stereocenters. The molecule has 0 saturated heterocycles. The van der Waals surface area contributed by atoms with Crippen LogP contribution in [0.4, 0.5) is 11.4 Å². The number of carbonyl (C=O) groups is 2. The van der Waals surface area contributed by atoms with Gasteiger partial charge >= 0.3 is 0 Å². The number of hydrogen-bond donors (Lipinski definition) is 3. The molecular weight excluding hydrogens is 524 g/mol. The highest BCUT2D eigenvalue weighted by Crippen LogP contribution is 2.39. The Bertz CT molecular complexity index is 1350. The van der Waals surface area contributed by atoms with E-state index in [4.69, 9.17) is 16.3 Å². The third-order valence-corrected chi connectivity index (χ3v) is 8.13. The summed E-state index contributed by atoms with van der Waals surface area (Å²) in [7, 11) is 0. The molecule has 0 bridgehead atoms. The normalized spacial score (nSPS) is 12.5. The van der Waals surface area contributed by atoms with Crippen molar-refractivity contribution in [3.63, 3.8) is 0 Å². The van der Waals surface area contributed by atoms with E-state index in [2.05, 4.69) is 64.3 Å². The Kier molecular flexibility index (Phi) is 9.91. The Balaban J connectivity index is 1.82. The summed E-state index contributed by atoms with van der Waals surface area (Å²) < 4.78 is 6.34. The molecule has 7 heteroatoms. The Hall–Kier alpha value is -3.51. The molecule has 214 valence electrons. The smallest absolute Gasteiger partial charge is 0.265 e. The van der Waals surface area contributed by atoms with Crippen molar-refractivity contribution in [2.24, 2.45) is 0 Å². The molecule has 3 rings (SSSR count). The van der Waals surface area contributed by atoms with Gasteiger partial charge in [-0.2, -0.15) is 0 Å². The predicted octanol–water partition coefficient (Wildman–Crippen LogP) is 8.47. The van der Waals surface area contributed by atoms with Crippen LogP contribution in [0, 0.1) is 0 Å². The molecular formula is C33H41ClN2O4. The molecule has 2 amide bonds. The van der Waals surface area contributed by atoms with Crippen molar-refractivity contribution >= 4 is 34.8 Å². The molecule has 3 N–H and O–H groups in total. The number of carbonyl (C=O) groups excluding carboxylic acids is 2. The van der Waals surface area contributed by atoms with E-state index in [0.717, 1.165) is 18.4 Å². The Labute approximate surface area is 243 Å². The highest BCUT2D eigenvalue weighted by molar-refractivity contribution is 6.34. The number of aromatic hydroxyl groups is 1. The molecule has 3 aromatic rings. The van der Waals surface area contributed by atoms with Crippen LogP contribution < -0.4 is 15.4 Å². The molecule has 0 aliphatic rings. The molecule has 0 aliphatic heterocycles. The van der Waals surface area contributed by atoms with E-state index in [0.29, 0.717) is 17.7 Å². The number of nitrogens with one attached hydrogen (secondary N) is 2. The van der Waals surface area contributed by atoms with Crippen LogP contribution in [0.2, 0.25) is 5.02 Å². The minimum absolute atomic E-state index is 0.0180. The first-order valence-electron chi connectivity index (χ1n) is 13.8. The van der Waals surface area contributed by atoms with Crippen molar-refractivity contribution < 1.29 is 19.4 Å². The van der Waals surface area contributed by atoms with Crippen LogP contribution in [0.5, 0.6) is 11.5 Å². The first-order chi connectivity index (χ1) is 18.8. The number of benzene rings is 3. The van der Waals surface area contributed by atoms with E-state index >= 15 is 0 Å². The number of phenolic OH excluding ortho intramolecular Hbond substituents is 1. The largest absolute Gasteiger partial charge is 0.506 e. The highest BCUT2D eigenvalue weighted by Gasteiger charge is 2.29. The van der Waals surface area contributed by atoms with Gasteiger partial charge in [0.2, 0.25) is 0 Å². The number of phenols is 1. The summed E-state index contributed by atoms with van der Waals surface area (Å²) in [4.78, 5) is 25.8. The summed E-state index contributed by atoms with van der Waals surface area (Å²) in [5, 5.41) is 16.2. The van der Waals surface area contributed by atoms with E-state index < -0.39 is 6.10 Å². The standard InChI is InChI=1S/C33H41ClN2O4/c1-8-28(40-29-17-16-22(32(4,5)9-2)18-23(29)33(6,7)10-3)31(39)35-25-20-27(37)26(19-24(25)34)36-30(38)21-14-12-11-13-15-21/h11-20,28,37H,8-10H2,1-7H3,(H,35,39)(H,36,38). The number of hydrogen-bond acceptors (Lipinski definition) is 4. The molecule has 1 unspecified atom stereocenters. The van der Waals surface area contributed by atoms with Gasteiger partial charge in [-0.3, -0.25) is 9.59 Å². The Morgan fingerprint density at radius 3 is 2.12 bits per heavy atom. The monoisotopic (exact) mass is 564 g/mol.